The van der Waals surface area contributed by atoms with Crippen molar-refractivity contribution in [3.8, 4) is 0 Å². The second-order valence-electron chi connectivity index (χ2n) is 3.64. The maximum Gasteiger partial charge on any atom is 0.119 e. The number of hydrogen-bond donors (Lipinski definition) is 1. The van der Waals surface area contributed by atoms with Crippen LogP contribution in [-0.4, -0.2) is 22.5 Å². The minimum Gasteiger partial charge on any atom is -0.333 e. The molecule has 5 heteroatoms. The first kappa shape index (κ1) is 26.5. The minimum atomic E-state index is -0.259. The molecule has 0 bridgehead atoms. The van der Waals surface area contributed by atoms with Gasteiger partial charge in [-0.15, -0.1) is 11.6 Å². The summed E-state index contributed by atoms with van der Waals surface area (Å²) in [6, 6.07) is 0. The average molecular weight is 346 g/mol. The van der Waals surface area contributed by atoms with Crippen molar-refractivity contribution >= 4 is 11.6 Å². The van der Waals surface area contributed by atoms with E-state index in [-0.39, 0.29) is 5.83 Å². The van der Waals surface area contributed by atoms with Crippen LogP contribution < -0.4 is 5.73 Å². The van der Waals surface area contributed by atoms with E-state index in [1.165, 1.54) is 18.5 Å². The molecule has 1 rings (SSSR count). The summed E-state index contributed by atoms with van der Waals surface area (Å²) in [5.41, 5.74) is 7.33. The number of halogens is 2. The topological polar surface area (TPSA) is 43.8 Å². The van der Waals surface area contributed by atoms with Crippen LogP contribution in [0.3, 0.4) is 0 Å². The normalized spacial score (nSPS) is 10.3. The van der Waals surface area contributed by atoms with Crippen molar-refractivity contribution in [2.75, 3.05) is 12.9 Å². The van der Waals surface area contributed by atoms with Gasteiger partial charge in [-0.2, -0.15) is 0 Å². The molecule has 3 nitrogen and oxygen atoms in total. The van der Waals surface area contributed by atoms with Gasteiger partial charge in [0.15, 0.2) is 0 Å². The van der Waals surface area contributed by atoms with Crippen molar-refractivity contribution in [1.82, 2.24) is 9.55 Å². The van der Waals surface area contributed by atoms with E-state index < -0.39 is 0 Å². The fourth-order valence-corrected chi connectivity index (χ4v) is 1.49. The van der Waals surface area contributed by atoms with E-state index in [1.54, 1.807) is 25.5 Å². The molecule has 0 aliphatic carbocycles. The molecule has 0 radical (unpaired) electrons. The van der Waals surface area contributed by atoms with Gasteiger partial charge in [-0.3, -0.25) is 0 Å². The van der Waals surface area contributed by atoms with Crippen LogP contribution in [0.2, 0.25) is 0 Å². The molecular weight excluding hydrogens is 313 g/mol. The summed E-state index contributed by atoms with van der Waals surface area (Å²) in [6.07, 6.45) is 10.1. The highest BCUT2D eigenvalue weighted by Gasteiger charge is 2.03. The molecule has 134 valence electrons. The zero-order chi connectivity index (χ0) is 18.7. The Kier molecular flexibility index (Phi) is 23.8. The Morgan fingerprint density at radius 1 is 1.35 bits per heavy atom. The molecule has 0 amide bonds. The van der Waals surface area contributed by atoms with Crippen LogP contribution in [0.5, 0.6) is 0 Å². The van der Waals surface area contributed by atoms with Crippen LogP contribution in [0, 0.1) is 0 Å². The van der Waals surface area contributed by atoms with E-state index in [0.717, 1.165) is 11.3 Å². The lowest BCUT2D eigenvalue weighted by molar-refractivity contribution is 0.660. The van der Waals surface area contributed by atoms with E-state index in [4.69, 9.17) is 5.73 Å². The van der Waals surface area contributed by atoms with Gasteiger partial charge in [-0.05, 0) is 18.6 Å². The van der Waals surface area contributed by atoms with Crippen molar-refractivity contribution in [3.63, 3.8) is 0 Å². The lowest BCUT2D eigenvalue weighted by Crippen LogP contribution is -2.11. The van der Waals surface area contributed by atoms with Crippen molar-refractivity contribution in [2.24, 2.45) is 5.73 Å². The van der Waals surface area contributed by atoms with Gasteiger partial charge in [0.25, 0.3) is 0 Å². The van der Waals surface area contributed by atoms with Gasteiger partial charge < -0.3 is 10.3 Å². The largest absolute Gasteiger partial charge is 0.333 e. The SMILES string of the molecule is C=C/C(=C\C(F)=C/C)Cc1cncn1CCN.CC.CC.CCl. The molecule has 0 atom stereocenters. The molecule has 23 heavy (non-hydrogen) atoms. The standard InChI is InChI=1S/C13H18FN3.2C2H6.CH3Cl/c1-3-11(7-12(14)4-2)8-13-9-16-10-17(13)6-5-15;3*1-2/h3-4,7,9-10H,1,5-6,8,15H2,2H3;2*1-2H3;1H3/b11-7+,12-4+;;;. The van der Waals surface area contributed by atoms with E-state index in [9.17, 15) is 4.39 Å². The molecule has 0 unspecified atom stereocenters. The van der Waals surface area contributed by atoms with Crippen molar-refractivity contribution in [3.05, 3.63) is 54.4 Å². The Morgan fingerprint density at radius 2 is 1.91 bits per heavy atom. The average Bonchev–Trinajstić information content (AvgIpc) is 3.06. The summed E-state index contributed by atoms with van der Waals surface area (Å²) >= 11 is 4.64. The molecule has 0 aliphatic heterocycles. The molecule has 1 aromatic rings. The monoisotopic (exact) mass is 345 g/mol. The molecule has 0 spiro atoms. The first-order valence-corrected chi connectivity index (χ1v) is 8.68. The molecule has 0 saturated carbocycles. The lowest BCUT2D eigenvalue weighted by Gasteiger charge is -2.06. The summed E-state index contributed by atoms with van der Waals surface area (Å²) in [5.74, 6) is -0.259. The Hall–Kier alpha value is -1.39. The molecule has 1 heterocycles. The first-order chi connectivity index (χ1) is 11.2. The predicted octanol–water partition coefficient (Wildman–Crippen LogP) is 5.28. The smallest absolute Gasteiger partial charge is 0.119 e. The predicted molar refractivity (Wildman–Crippen MR) is 103 cm³/mol. The van der Waals surface area contributed by atoms with Crippen LogP contribution in [0.25, 0.3) is 0 Å². The number of aromatic nitrogens is 2. The highest BCUT2D eigenvalue weighted by Crippen LogP contribution is 2.12. The summed E-state index contributed by atoms with van der Waals surface area (Å²) in [5, 5.41) is 0. The number of hydrogen-bond acceptors (Lipinski definition) is 2. The minimum absolute atomic E-state index is 0.259. The molecule has 0 fully saturated rings. The van der Waals surface area contributed by atoms with Crippen LogP contribution in [0.4, 0.5) is 4.39 Å². The maximum atomic E-state index is 13.1. The van der Waals surface area contributed by atoms with E-state index in [0.29, 0.717) is 19.5 Å². The van der Waals surface area contributed by atoms with Crippen LogP contribution in [-0.2, 0) is 13.0 Å². The second-order valence-corrected chi connectivity index (χ2v) is 3.64. The van der Waals surface area contributed by atoms with E-state index >= 15 is 0 Å². The van der Waals surface area contributed by atoms with Gasteiger partial charge in [0.05, 0.1) is 6.33 Å². The van der Waals surface area contributed by atoms with Crippen LogP contribution in [0.1, 0.15) is 40.3 Å². The zero-order valence-electron chi connectivity index (χ0n) is 15.4. The van der Waals surface area contributed by atoms with Gasteiger partial charge in [-0.1, -0.05) is 46.4 Å². The third-order valence-corrected chi connectivity index (χ3v) is 2.42. The van der Waals surface area contributed by atoms with Crippen molar-refractivity contribution < 1.29 is 4.39 Å². The van der Waals surface area contributed by atoms with Gasteiger partial charge in [-0.25, -0.2) is 9.37 Å². The Bertz CT molecular complexity index is 437. The summed E-state index contributed by atoms with van der Waals surface area (Å²) in [7, 11) is 0. The van der Waals surface area contributed by atoms with Crippen molar-refractivity contribution in [2.45, 2.75) is 47.6 Å². The molecule has 0 saturated heterocycles. The Morgan fingerprint density at radius 3 is 2.35 bits per heavy atom. The van der Waals surface area contributed by atoms with E-state index in [1.807, 2.05) is 32.3 Å². The summed E-state index contributed by atoms with van der Waals surface area (Å²) < 4.78 is 15.1. The number of nitrogens with two attached hydrogens (primary N) is 1. The molecule has 0 aliphatic rings. The van der Waals surface area contributed by atoms with Gasteiger partial charge >= 0.3 is 0 Å². The number of rotatable bonds is 6. The fraction of sp³-hybridized carbons (Fsp3) is 0.500. The van der Waals surface area contributed by atoms with Gasteiger partial charge in [0, 0.05) is 37.8 Å². The molecular formula is C18H33ClFN3. The lowest BCUT2D eigenvalue weighted by atomic mass is 10.1. The van der Waals surface area contributed by atoms with Crippen molar-refractivity contribution in [1.29, 1.82) is 0 Å². The summed E-state index contributed by atoms with van der Waals surface area (Å²) in [4.78, 5) is 4.06. The zero-order valence-corrected chi connectivity index (χ0v) is 16.2. The Labute approximate surface area is 146 Å². The third kappa shape index (κ3) is 12.8. The highest BCUT2D eigenvalue weighted by molar-refractivity contribution is 6.15. The van der Waals surface area contributed by atoms with Crippen LogP contribution in [0.15, 0.2) is 48.7 Å². The summed E-state index contributed by atoms with van der Waals surface area (Å²) in [6.45, 7) is 14.6. The fourth-order valence-electron chi connectivity index (χ4n) is 1.49. The number of alkyl halides is 1. The number of nitrogens with zero attached hydrogens (tertiary/aromatic N) is 2. The number of allylic oxidation sites excluding steroid dienone is 5. The number of imidazole rings is 1. The second kappa shape index (κ2) is 20.6. The van der Waals surface area contributed by atoms with Crippen LogP contribution >= 0.6 is 11.6 Å². The quantitative estimate of drug-likeness (QED) is 0.563. The molecule has 2 N–H and O–H groups in total. The maximum absolute atomic E-state index is 13.1. The van der Waals surface area contributed by atoms with Gasteiger partial charge in [0.1, 0.15) is 5.83 Å². The highest BCUT2D eigenvalue weighted by atomic mass is 35.5. The van der Waals surface area contributed by atoms with Gasteiger partial charge in [0.2, 0.25) is 0 Å². The first-order valence-electron chi connectivity index (χ1n) is 7.93. The molecule has 0 aromatic carbocycles. The molecule has 1 aromatic heterocycles. The third-order valence-electron chi connectivity index (χ3n) is 2.42. The Balaban J connectivity index is -0.000000595. The van der Waals surface area contributed by atoms with E-state index in [2.05, 4.69) is 23.2 Å².